The molecule has 0 aliphatic carbocycles. The first-order chi connectivity index (χ1) is 4.61. The molecule has 0 N–H and O–H groups in total. The van der Waals surface area contributed by atoms with Gasteiger partial charge in [0.15, 0.2) is 0 Å². The van der Waals surface area contributed by atoms with E-state index in [4.69, 9.17) is 0 Å². The third-order valence-corrected chi connectivity index (χ3v) is 2.61. The van der Waals surface area contributed by atoms with Crippen LogP contribution in [-0.4, -0.2) is 49.1 Å². The number of likely N-dealkylation sites (N-methyl/N-ethyl adjacent to an activating group) is 2. The molecule has 1 aliphatic rings. The lowest BCUT2D eigenvalue weighted by molar-refractivity contribution is 0.0803. The van der Waals surface area contributed by atoms with Crippen molar-refractivity contribution in [2.45, 2.75) is 33.4 Å². The molecular formula is C9H22N2. The fraction of sp³-hybridized carbons (Fsp3) is 1.00. The molecule has 0 spiro atoms. The first-order valence-corrected chi connectivity index (χ1v) is 4.01. The smallest absolute Gasteiger partial charge is 0.0192 e. The van der Waals surface area contributed by atoms with Crippen molar-refractivity contribution in [3.8, 4) is 0 Å². The summed E-state index contributed by atoms with van der Waals surface area (Å²) in [5.41, 5.74) is 0. The normalized spacial score (nSPS) is 34.9. The summed E-state index contributed by atoms with van der Waals surface area (Å²) in [6.45, 7) is 6.97. The fourth-order valence-corrected chi connectivity index (χ4v) is 1.47. The summed E-state index contributed by atoms with van der Waals surface area (Å²) in [4.78, 5) is 4.84. The van der Waals surface area contributed by atoms with E-state index in [2.05, 4.69) is 37.7 Å². The molecule has 1 aliphatic heterocycles. The number of rotatable bonds is 0. The second-order valence-electron chi connectivity index (χ2n) is 3.58. The molecule has 2 nitrogen and oxygen atoms in total. The molecule has 0 aromatic heterocycles. The van der Waals surface area contributed by atoms with Crippen molar-refractivity contribution < 1.29 is 0 Å². The first kappa shape index (κ1) is 10.9. The lowest BCUT2D eigenvalue weighted by Crippen LogP contribution is -2.53. The third-order valence-electron chi connectivity index (χ3n) is 2.61. The van der Waals surface area contributed by atoms with E-state index in [1.807, 2.05) is 0 Å². The van der Waals surface area contributed by atoms with Gasteiger partial charge in [0.2, 0.25) is 0 Å². The minimum absolute atomic E-state index is 0. The molecule has 0 amide bonds. The highest BCUT2D eigenvalue weighted by Gasteiger charge is 2.22. The Morgan fingerprint density at radius 2 is 1.18 bits per heavy atom. The van der Waals surface area contributed by atoms with Crippen LogP contribution in [-0.2, 0) is 0 Å². The predicted molar refractivity (Wildman–Crippen MR) is 50.9 cm³/mol. The van der Waals surface area contributed by atoms with Crippen molar-refractivity contribution in [1.82, 2.24) is 9.80 Å². The quantitative estimate of drug-likeness (QED) is 0.524. The molecule has 2 atom stereocenters. The minimum Gasteiger partial charge on any atom is -0.301 e. The zero-order valence-corrected chi connectivity index (χ0v) is 7.46. The number of hydrogen-bond acceptors (Lipinski definition) is 2. The van der Waals surface area contributed by atoms with Crippen LogP contribution in [0.3, 0.4) is 0 Å². The standard InChI is InChI=1S/C8H18N2.CH4/c1-7-5-10(4)8(2)6-9(7)3;/h7-8H,5-6H2,1-4H3;1H4. The molecule has 2 heteroatoms. The molecule has 1 heterocycles. The minimum atomic E-state index is 0. The molecule has 0 aromatic rings. The van der Waals surface area contributed by atoms with Gasteiger partial charge in [0.1, 0.15) is 0 Å². The number of hydrogen-bond donors (Lipinski definition) is 0. The van der Waals surface area contributed by atoms with Gasteiger partial charge >= 0.3 is 0 Å². The average Bonchev–Trinajstić information content (AvgIpc) is 1.84. The monoisotopic (exact) mass is 158 g/mol. The molecule has 1 saturated heterocycles. The summed E-state index contributed by atoms with van der Waals surface area (Å²) >= 11 is 0. The van der Waals surface area contributed by atoms with Gasteiger partial charge in [-0.15, -0.1) is 0 Å². The van der Waals surface area contributed by atoms with Gasteiger partial charge in [-0.2, -0.15) is 0 Å². The predicted octanol–water partition coefficient (Wildman–Crippen LogP) is 1.28. The lowest BCUT2D eigenvalue weighted by Gasteiger charge is -2.40. The second kappa shape index (κ2) is 4.07. The van der Waals surface area contributed by atoms with Crippen molar-refractivity contribution in [3.05, 3.63) is 0 Å². The Morgan fingerprint density at radius 3 is 1.45 bits per heavy atom. The van der Waals surface area contributed by atoms with Gasteiger partial charge in [-0.25, -0.2) is 0 Å². The maximum atomic E-state index is 2.42. The third kappa shape index (κ3) is 2.46. The van der Waals surface area contributed by atoms with Gasteiger partial charge in [0.25, 0.3) is 0 Å². The summed E-state index contributed by atoms with van der Waals surface area (Å²) in [5.74, 6) is 0. The van der Waals surface area contributed by atoms with Crippen LogP contribution in [0.25, 0.3) is 0 Å². The molecule has 2 unspecified atom stereocenters. The fourth-order valence-electron chi connectivity index (χ4n) is 1.47. The topological polar surface area (TPSA) is 6.48 Å². The van der Waals surface area contributed by atoms with Crippen LogP contribution in [0.15, 0.2) is 0 Å². The van der Waals surface area contributed by atoms with Crippen molar-refractivity contribution in [2.24, 2.45) is 0 Å². The Morgan fingerprint density at radius 1 is 0.909 bits per heavy atom. The molecule has 0 saturated carbocycles. The van der Waals surface area contributed by atoms with E-state index in [1.165, 1.54) is 13.1 Å². The Balaban J connectivity index is 0.000001000. The lowest BCUT2D eigenvalue weighted by atomic mass is 10.1. The molecule has 1 fully saturated rings. The molecule has 0 aromatic carbocycles. The SMILES string of the molecule is C.CC1CN(C)C(C)CN1C. The van der Waals surface area contributed by atoms with E-state index in [-0.39, 0.29) is 7.43 Å². The van der Waals surface area contributed by atoms with Crippen LogP contribution >= 0.6 is 0 Å². The Kier molecular flexibility index (Phi) is 4.04. The van der Waals surface area contributed by atoms with Gasteiger partial charge in [0, 0.05) is 25.2 Å². The Bertz CT molecular complexity index is 88.1. The van der Waals surface area contributed by atoms with E-state index in [1.54, 1.807) is 0 Å². The summed E-state index contributed by atoms with van der Waals surface area (Å²) < 4.78 is 0. The van der Waals surface area contributed by atoms with Crippen molar-refractivity contribution in [1.29, 1.82) is 0 Å². The van der Waals surface area contributed by atoms with E-state index in [0.29, 0.717) is 0 Å². The summed E-state index contributed by atoms with van der Waals surface area (Å²) in [6.07, 6.45) is 0. The van der Waals surface area contributed by atoms with Crippen LogP contribution < -0.4 is 0 Å². The van der Waals surface area contributed by atoms with E-state index in [9.17, 15) is 0 Å². The molecule has 11 heavy (non-hydrogen) atoms. The van der Waals surface area contributed by atoms with Crippen molar-refractivity contribution in [2.75, 3.05) is 27.2 Å². The van der Waals surface area contributed by atoms with Gasteiger partial charge in [-0.05, 0) is 27.9 Å². The van der Waals surface area contributed by atoms with Crippen LogP contribution in [0, 0.1) is 0 Å². The zero-order valence-electron chi connectivity index (χ0n) is 7.46. The van der Waals surface area contributed by atoms with Gasteiger partial charge in [-0.1, -0.05) is 7.43 Å². The van der Waals surface area contributed by atoms with Crippen LogP contribution in [0.5, 0.6) is 0 Å². The average molecular weight is 158 g/mol. The number of piperazine rings is 1. The largest absolute Gasteiger partial charge is 0.301 e. The zero-order chi connectivity index (χ0) is 7.72. The van der Waals surface area contributed by atoms with Gasteiger partial charge < -0.3 is 9.80 Å². The highest BCUT2D eigenvalue weighted by molar-refractivity contribution is 4.79. The highest BCUT2D eigenvalue weighted by Crippen LogP contribution is 2.09. The van der Waals surface area contributed by atoms with E-state index in [0.717, 1.165) is 12.1 Å². The highest BCUT2D eigenvalue weighted by atomic mass is 15.3. The van der Waals surface area contributed by atoms with Crippen LogP contribution in [0.4, 0.5) is 0 Å². The maximum absolute atomic E-state index is 2.42. The second-order valence-corrected chi connectivity index (χ2v) is 3.58. The Hall–Kier alpha value is -0.0800. The van der Waals surface area contributed by atoms with Crippen molar-refractivity contribution in [3.63, 3.8) is 0 Å². The van der Waals surface area contributed by atoms with E-state index < -0.39 is 0 Å². The van der Waals surface area contributed by atoms with Crippen LogP contribution in [0.2, 0.25) is 0 Å². The van der Waals surface area contributed by atoms with E-state index >= 15 is 0 Å². The summed E-state index contributed by atoms with van der Waals surface area (Å²) in [6, 6.07) is 1.45. The van der Waals surface area contributed by atoms with Crippen molar-refractivity contribution >= 4 is 0 Å². The Labute approximate surface area is 71.2 Å². The molecule has 1 rings (SSSR count). The molecular weight excluding hydrogens is 136 g/mol. The molecule has 0 radical (unpaired) electrons. The number of nitrogens with zero attached hydrogens (tertiary/aromatic N) is 2. The van der Waals surface area contributed by atoms with Gasteiger partial charge in [0.05, 0.1) is 0 Å². The van der Waals surface area contributed by atoms with Crippen LogP contribution in [0.1, 0.15) is 21.3 Å². The first-order valence-electron chi connectivity index (χ1n) is 4.01. The summed E-state index contributed by atoms with van der Waals surface area (Å²) in [7, 11) is 4.41. The molecule has 68 valence electrons. The van der Waals surface area contributed by atoms with Gasteiger partial charge in [-0.3, -0.25) is 0 Å². The molecule has 0 bridgehead atoms. The maximum Gasteiger partial charge on any atom is 0.0192 e. The summed E-state index contributed by atoms with van der Waals surface area (Å²) in [5, 5.41) is 0.